The maximum absolute atomic E-state index is 12.2. The summed E-state index contributed by atoms with van der Waals surface area (Å²) in [6, 6.07) is 14.5. The van der Waals surface area contributed by atoms with Crippen LogP contribution in [0.25, 0.3) is 0 Å². The Bertz CT molecular complexity index is 754. The van der Waals surface area contributed by atoms with Gasteiger partial charge in [0.2, 0.25) is 0 Å². The van der Waals surface area contributed by atoms with Crippen molar-refractivity contribution >= 4 is 29.3 Å². The van der Waals surface area contributed by atoms with Crippen LogP contribution in [-0.2, 0) is 9.53 Å². The first kappa shape index (κ1) is 19.6. The third-order valence-electron chi connectivity index (χ3n) is 3.35. The number of thioether (sulfide) groups is 1. The minimum Gasteiger partial charge on any atom is -0.497 e. The summed E-state index contributed by atoms with van der Waals surface area (Å²) in [7, 11) is 1.58. The normalized spacial score (nSPS) is 10.5. The first-order chi connectivity index (χ1) is 12.6. The molecule has 6 heteroatoms. The number of methoxy groups -OCH3 is 1. The van der Waals surface area contributed by atoms with Crippen LogP contribution in [0.5, 0.6) is 5.75 Å². The second kappa shape index (κ2) is 10.3. The molecule has 0 saturated carbocycles. The second-order valence-electron chi connectivity index (χ2n) is 5.17. The molecule has 136 valence electrons. The molecule has 0 fully saturated rings. The summed E-state index contributed by atoms with van der Waals surface area (Å²) in [6.45, 7) is 2.15. The molecule has 0 unspecified atom stereocenters. The van der Waals surface area contributed by atoms with E-state index < -0.39 is 0 Å². The largest absolute Gasteiger partial charge is 0.497 e. The van der Waals surface area contributed by atoms with Crippen LogP contribution in [0.1, 0.15) is 17.3 Å². The van der Waals surface area contributed by atoms with Gasteiger partial charge >= 0.3 is 5.97 Å². The molecule has 0 aliphatic heterocycles. The average molecular weight is 371 g/mol. The number of anilines is 1. The van der Waals surface area contributed by atoms with Crippen LogP contribution in [0.15, 0.2) is 65.6 Å². The SMILES string of the molecule is CCOC(=O)/C=C/CSc1ccc(NC(=O)c2ccc(OC)cc2)cc1. The van der Waals surface area contributed by atoms with Gasteiger partial charge in [-0.05, 0) is 55.5 Å². The van der Waals surface area contributed by atoms with Crippen LogP contribution in [0, 0.1) is 0 Å². The van der Waals surface area contributed by atoms with Crippen molar-refractivity contribution in [2.24, 2.45) is 0 Å². The Balaban J connectivity index is 1.84. The predicted octanol–water partition coefficient (Wildman–Crippen LogP) is 4.16. The molecule has 5 nitrogen and oxygen atoms in total. The number of carbonyl (C=O) groups is 2. The molecular formula is C20H21NO4S. The number of esters is 1. The molecule has 0 spiro atoms. The maximum Gasteiger partial charge on any atom is 0.330 e. The van der Waals surface area contributed by atoms with E-state index in [-0.39, 0.29) is 11.9 Å². The fourth-order valence-electron chi connectivity index (χ4n) is 2.06. The topological polar surface area (TPSA) is 64.6 Å². The lowest BCUT2D eigenvalue weighted by atomic mass is 10.2. The fourth-order valence-corrected chi connectivity index (χ4v) is 2.77. The predicted molar refractivity (Wildman–Crippen MR) is 104 cm³/mol. The molecule has 0 saturated heterocycles. The van der Waals surface area contributed by atoms with E-state index >= 15 is 0 Å². The Morgan fingerprint density at radius 3 is 2.38 bits per heavy atom. The lowest BCUT2D eigenvalue weighted by Gasteiger charge is -2.07. The minimum absolute atomic E-state index is 0.176. The Labute approximate surface area is 157 Å². The van der Waals surface area contributed by atoms with Crippen LogP contribution in [0.2, 0.25) is 0 Å². The highest BCUT2D eigenvalue weighted by Crippen LogP contribution is 2.21. The van der Waals surface area contributed by atoms with E-state index in [4.69, 9.17) is 9.47 Å². The zero-order chi connectivity index (χ0) is 18.8. The molecule has 1 N–H and O–H groups in total. The van der Waals surface area contributed by atoms with Crippen LogP contribution >= 0.6 is 11.8 Å². The molecule has 0 aliphatic rings. The van der Waals surface area contributed by atoms with Gasteiger partial charge in [-0.25, -0.2) is 4.79 Å². The highest BCUT2D eigenvalue weighted by molar-refractivity contribution is 7.99. The molecule has 0 heterocycles. The van der Waals surface area contributed by atoms with Gasteiger partial charge in [0, 0.05) is 28.0 Å². The summed E-state index contributed by atoms with van der Waals surface area (Å²) in [5, 5.41) is 2.85. The van der Waals surface area contributed by atoms with E-state index in [0.717, 1.165) is 10.6 Å². The summed E-state index contributed by atoms with van der Waals surface area (Å²) in [5.41, 5.74) is 1.28. The highest BCUT2D eigenvalue weighted by atomic mass is 32.2. The van der Waals surface area contributed by atoms with Crippen molar-refractivity contribution in [1.29, 1.82) is 0 Å². The summed E-state index contributed by atoms with van der Waals surface area (Å²) < 4.78 is 9.90. The molecule has 0 atom stereocenters. The van der Waals surface area contributed by atoms with Gasteiger partial charge in [0.15, 0.2) is 0 Å². The van der Waals surface area contributed by atoms with Gasteiger partial charge in [-0.2, -0.15) is 0 Å². The van der Waals surface area contributed by atoms with Crippen molar-refractivity contribution in [3.63, 3.8) is 0 Å². The number of benzene rings is 2. The molecule has 2 aromatic rings. The molecular weight excluding hydrogens is 350 g/mol. The Morgan fingerprint density at radius 1 is 1.08 bits per heavy atom. The van der Waals surface area contributed by atoms with Crippen molar-refractivity contribution in [2.75, 3.05) is 24.8 Å². The number of hydrogen-bond donors (Lipinski definition) is 1. The van der Waals surface area contributed by atoms with E-state index in [9.17, 15) is 9.59 Å². The summed E-state index contributed by atoms with van der Waals surface area (Å²) in [5.74, 6) is 0.867. The van der Waals surface area contributed by atoms with Gasteiger partial charge in [0.25, 0.3) is 5.91 Å². The van der Waals surface area contributed by atoms with Crippen molar-refractivity contribution in [1.82, 2.24) is 0 Å². The van der Waals surface area contributed by atoms with E-state index in [1.54, 1.807) is 56.1 Å². The third-order valence-corrected chi connectivity index (χ3v) is 4.32. The second-order valence-corrected chi connectivity index (χ2v) is 6.27. The zero-order valence-corrected chi connectivity index (χ0v) is 15.5. The standard InChI is InChI=1S/C20H21NO4S/c1-3-25-19(22)5-4-14-26-18-12-8-16(9-13-18)21-20(23)15-6-10-17(24-2)11-7-15/h4-13H,3,14H2,1-2H3,(H,21,23)/b5-4+. The number of amides is 1. The maximum atomic E-state index is 12.2. The monoisotopic (exact) mass is 371 g/mol. The zero-order valence-electron chi connectivity index (χ0n) is 14.7. The van der Waals surface area contributed by atoms with Crippen molar-refractivity contribution < 1.29 is 19.1 Å². The van der Waals surface area contributed by atoms with Crippen molar-refractivity contribution in [2.45, 2.75) is 11.8 Å². The average Bonchev–Trinajstić information content (AvgIpc) is 2.67. The molecule has 2 rings (SSSR count). The first-order valence-electron chi connectivity index (χ1n) is 8.14. The number of hydrogen-bond acceptors (Lipinski definition) is 5. The third kappa shape index (κ3) is 6.29. The number of nitrogens with one attached hydrogen (secondary N) is 1. The van der Waals surface area contributed by atoms with Crippen LogP contribution in [-0.4, -0.2) is 31.3 Å². The van der Waals surface area contributed by atoms with Crippen molar-refractivity contribution in [3.8, 4) is 5.75 Å². The van der Waals surface area contributed by atoms with Crippen LogP contribution < -0.4 is 10.1 Å². The van der Waals surface area contributed by atoms with E-state index in [0.29, 0.717) is 23.7 Å². The van der Waals surface area contributed by atoms with Gasteiger partial charge in [-0.15, -0.1) is 11.8 Å². The molecule has 0 radical (unpaired) electrons. The molecule has 2 aromatic carbocycles. The smallest absolute Gasteiger partial charge is 0.330 e. The van der Waals surface area contributed by atoms with Crippen LogP contribution in [0.3, 0.4) is 0 Å². The van der Waals surface area contributed by atoms with Gasteiger partial charge in [-0.3, -0.25) is 4.79 Å². The summed E-state index contributed by atoms with van der Waals surface area (Å²) in [6.07, 6.45) is 3.20. The Kier molecular flexibility index (Phi) is 7.76. The number of rotatable bonds is 8. The van der Waals surface area contributed by atoms with E-state index in [1.807, 2.05) is 24.3 Å². The molecule has 0 aromatic heterocycles. The summed E-state index contributed by atoms with van der Waals surface area (Å²) in [4.78, 5) is 24.4. The van der Waals surface area contributed by atoms with Crippen LogP contribution in [0.4, 0.5) is 5.69 Å². The molecule has 0 aliphatic carbocycles. The van der Waals surface area contributed by atoms with E-state index in [1.165, 1.54) is 6.08 Å². The Morgan fingerprint density at radius 2 is 1.77 bits per heavy atom. The lowest BCUT2D eigenvalue weighted by Crippen LogP contribution is -2.11. The fraction of sp³-hybridized carbons (Fsp3) is 0.200. The van der Waals surface area contributed by atoms with Gasteiger partial charge < -0.3 is 14.8 Å². The first-order valence-corrected chi connectivity index (χ1v) is 9.12. The van der Waals surface area contributed by atoms with Gasteiger partial charge in [0.05, 0.1) is 13.7 Å². The number of ether oxygens (including phenoxy) is 2. The van der Waals surface area contributed by atoms with E-state index in [2.05, 4.69) is 5.32 Å². The Hall–Kier alpha value is -2.73. The van der Waals surface area contributed by atoms with Gasteiger partial charge in [-0.1, -0.05) is 6.08 Å². The lowest BCUT2D eigenvalue weighted by molar-refractivity contribution is -0.137. The molecule has 26 heavy (non-hydrogen) atoms. The van der Waals surface area contributed by atoms with Crippen molar-refractivity contribution in [3.05, 3.63) is 66.2 Å². The minimum atomic E-state index is -0.329. The highest BCUT2D eigenvalue weighted by Gasteiger charge is 2.06. The quantitative estimate of drug-likeness (QED) is 0.429. The van der Waals surface area contributed by atoms with Gasteiger partial charge in [0.1, 0.15) is 5.75 Å². The summed E-state index contributed by atoms with van der Waals surface area (Å²) >= 11 is 1.59. The number of carbonyl (C=O) groups excluding carboxylic acids is 2. The molecule has 1 amide bonds. The molecule has 0 bridgehead atoms.